The van der Waals surface area contributed by atoms with Gasteiger partial charge in [0.1, 0.15) is 11.5 Å². The summed E-state index contributed by atoms with van der Waals surface area (Å²) in [4.78, 5) is 25.4. The molecule has 4 aromatic rings. The van der Waals surface area contributed by atoms with Gasteiger partial charge in [0.15, 0.2) is 13.2 Å². The molecule has 1 aliphatic rings. The van der Waals surface area contributed by atoms with Crippen molar-refractivity contribution in [3.63, 3.8) is 0 Å². The summed E-state index contributed by atoms with van der Waals surface area (Å²) in [6.45, 7) is -0.275. The molecule has 0 heterocycles. The van der Waals surface area contributed by atoms with Gasteiger partial charge >= 0.3 is 0 Å². The number of carbonyl (C=O) groups excluding carboxylic acids is 2. The summed E-state index contributed by atoms with van der Waals surface area (Å²) in [7, 11) is 0. The van der Waals surface area contributed by atoms with E-state index in [0.717, 1.165) is 37.1 Å². The molecule has 1 fully saturated rings. The minimum Gasteiger partial charge on any atom is -0.484 e. The third kappa shape index (κ3) is 12.6. The van der Waals surface area contributed by atoms with Gasteiger partial charge in [-0.2, -0.15) is 56.9 Å². The number of hydrogen-bond acceptors (Lipinski definition) is 8. The second-order valence-electron chi connectivity index (χ2n) is 10.1. The van der Waals surface area contributed by atoms with E-state index in [0.29, 0.717) is 22.9 Å². The van der Waals surface area contributed by atoms with Gasteiger partial charge in [-0.05, 0) is 72.7 Å². The molecule has 5 rings (SSSR count). The van der Waals surface area contributed by atoms with Crippen LogP contribution in [0.1, 0.15) is 25.7 Å². The SMILES string of the molecule is O=C(COc1ccc(N=Nc2cc[c-]cc2)cc1)N[C@@H]1CCCC[C@H]1NC(=O)COc1ccc(N=Nc2cc[c-]cc2)cc1.[Y].[Y]. The minimum absolute atomic E-state index is 0. The third-order valence-electron chi connectivity index (χ3n) is 6.84. The van der Waals surface area contributed by atoms with Gasteiger partial charge in [0.05, 0.1) is 11.4 Å². The van der Waals surface area contributed by atoms with Crippen LogP contribution in [0.2, 0.25) is 0 Å². The van der Waals surface area contributed by atoms with Crippen LogP contribution < -0.4 is 20.1 Å². The fourth-order valence-electron chi connectivity index (χ4n) is 4.61. The van der Waals surface area contributed by atoms with Gasteiger partial charge in [-0.1, -0.05) is 12.8 Å². The maximum absolute atomic E-state index is 12.7. The first-order chi connectivity index (χ1) is 21.6. The van der Waals surface area contributed by atoms with E-state index in [4.69, 9.17) is 9.47 Å². The van der Waals surface area contributed by atoms with E-state index in [1.54, 1.807) is 72.8 Å². The zero-order valence-electron chi connectivity index (χ0n) is 25.2. The molecular formula is C34H32N6O4Y2-2. The second-order valence-corrected chi connectivity index (χ2v) is 10.1. The number of rotatable bonds is 12. The maximum atomic E-state index is 12.7. The molecule has 0 aromatic heterocycles. The standard InChI is InChI=1S/C34H32N6O4.2Y/c41-33(23-43-29-19-15-27(16-20-29)39-37-25-9-3-1-4-10-25)35-31-13-7-8-14-32(31)36-34(42)24-44-30-21-17-28(18-22-30)40-38-26-11-5-2-6-12-26;;/h3-6,9-12,15-22,31-32H,7-8,13-14,23-24H2,(H,35,41)(H,36,42);;/q-2;;/t31-,32-;;/m1../s1. The molecule has 0 bridgehead atoms. The normalized spacial score (nSPS) is 15.7. The molecule has 2 amide bonds. The van der Waals surface area contributed by atoms with Crippen molar-refractivity contribution in [1.82, 2.24) is 10.6 Å². The predicted molar refractivity (Wildman–Crippen MR) is 165 cm³/mol. The van der Waals surface area contributed by atoms with Crippen molar-refractivity contribution in [2.75, 3.05) is 13.2 Å². The molecule has 10 nitrogen and oxygen atoms in total. The topological polar surface area (TPSA) is 126 Å². The summed E-state index contributed by atoms with van der Waals surface area (Å²) in [6, 6.07) is 33.9. The molecule has 0 saturated heterocycles. The molecule has 0 spiro atoms. The monoisotopic (exact) mass is 766 g/mol. The minimum atomic E-state index is -0.250. The zero-order chi connectivity index (χ0) is 30.4. The van der Waals surface area contributed by atoms with Gasteiger partial charge in [-0.15, -0.1) is 24.3 Å². The Morgan fingerprint density at radius 1 is 0.565 bits per heavy atom. The molecule has 2 atom stereocenters. The van der Waals surface area contributed by atoms with Crippen LogP contribution >= 0.6 is 0 Å². The summed E-state index contributed by atoms with van der Waals surface area (Å²) in [5, 5.41) is 22.8. The molecular weight excluding hydrogens is 734 g/mol. The Morgan fingerprint density at radius 2 is 0.891 bits per heavy atom. The van der Waals surface area contributed by atoms with Gasteiger partial charge in [0.25, 0.3) is 11.8 Å². The van der Waals surface area contributed by atoms with Crippen LogP contribution in [0.15, 0.2) is 118 Å². The molecule has 0 unspecified atom stereocenters. The molecule has 0 aliphatic heterocycles. The smallest absolute Gasteiger partial charge is 0.258 e. The van der Waals surface area contributed by atoms with Gasteiger partial charge in [0.2, 0.25) is 0 Å². The Bertz CT molecular complexity index is 1440. The van der Waals surface area contributed by atoms with Crippen molar-refractivity contribution in [2.45, 2.75) is 37.8 Å². The zero-order valence-corrected chi connectivity index (χ0v) is 30.9. The summed E-state index contributed by atoms with van der Waals surface area (Å²) < 4.78 is 11.3. The van der Waals surface area contributed by atoms with Crippen LogP contribution in [0.5, 0.6) is 11.5 Å². The van der Waals surface area contributed by atoms with E-state index in [9.17, 15) is 9.59 Å². The van der Waals surface area contributed by atoms with E-state index >= 15 is 0 Å². The fourth-order valence-corrected chi connectivity index (χ4v) is 4.61. The van der Waals surface area contributed by atoms with Crippen LogP contribution in [0.3, 0.4) is 0 Å². The van der Waals surface area contributed by atoms with Gasteiger partial charge in [-0.3, -0.25) is 9.59 Å². The van der Waals surface area contributed by atoms with Crippen LogP contribution in [-0.4, -0.2) is 37.1 Å². The Hall–Kier alpha value is -3.17. The van der Waals surface area contributed by atoms with E-state index < -0.39 is 0 Å². The summed E-state index contributed by atoms with van der Waals surface area (Å²) in [5.74, 6) is 0.593. The molecule has 12 heteroatoms. The van der Waals surface area contributed by atoms with Crippen molar-refractivity contribution in [1.29, 1.82) is 0 Å². The van der Waals surface area contributed by atoms with Gasteiger partial charge in [-0.25, -0.2) is 0 Å². The van der Waals surface area contributed by atoms with Crippen LogP contribution in [0, 0.1) is 12.1 Å². The average molecular weight is 766 g/mol. The number of carbonyl (C=O) groups is 2. The summed E-state index contributed by atoms with van der Waals surface area (Å²) in [5.41, 5.74) is 2.80. The molecule has 2 N–H and O–H groups in total. The first-order valence-electron chi connectivity index (χ1n) is 14.4. The Morgan fingerprint density at radius 3 is 1.24 bits per heavy atom. The van der Waals surface area contributed by atoms with E-state index in [1.165, 1.54) is 0 Å². The van der Waals surface area contributed by atoms with Crippen LogP contribution in [-0.2, 0) is 75.0 Å². The fraction of sp³-hybridized carbons (Fsp3) is 0.235. The van der Waals surface area contributed by atoms with Crippen LogP contribution in [0.25, 0.3) is 0 Å². The first kappa shape index (κ1) is 37.3. The summed E-state index contributed by atoms with van der Waals surface area (Å²) >= 11 is 0. The quantitative estimate of drug-likeness (QED) is 0.118. The Kier molecular flexibility index (Phi) is 16.3. The Labute approximate surface area is 319 Å². The second kappa shape index (κ2) is 20.1. The number of nitrogens with one attached hydrogen (secondary N) is 2. The van der Waals surface area contributed by atoms with Crippen molar-refractivity contribution in [3.8, 4) is 11.5 Å². The molecule has 2 radical (unpaired) electrons. The predicted octanol–water partition coefficient (Wildman–Crippen LogP) is 7.11. The number of nitrogens with zero attached hydrogens (tertiary/aromatic N) is 4. The number of hydrogen-bond donors (Lipinski definition) is 2. The number of ether oxygens (including phenoxy) is 2. The molecule has 230 valence electrons. The van der Waals surface area contributed by atoms with Crippen molar-refractivity contribution >= 4 is 34.6 Å². The molecule has 1 saturated carbocycles. The van der Waals surface area contributed by atoms with Gasteiger partial charge in [0, 0.05) is 77.5 Å². The summed E-state index contributed by atoms with van der Waals surface area (Å²) in [6.07, 6.45) is 3.48. The Balaban J connectivity index is 0.00000288. The van der Waals surface area contributed by atoms with Crippen molar-refractivity contribution < 1.29 is 84.5 Å². The molecule has 46 heavy (non-hydrogen) atoms. The number of amides is 2. The maximum Gasteiger partial charge on any atom is 0.258 e. The van der Waals surface area contributed by atoms with Gasteiger partial charge < -0.3 is 20.1 Å². The van der Waals surface area contributed by atoms with E-state index in [1.807, 2.05) is 24.3 Å². The number of azo groups is 2. The number of benzene rings is 4. The first-order valence-corrected chi connectivity index (χ1v) is 14.4. The molecule has 1 aliphatic carbocycles. The molecule has 4 aromatic carbocycles. The van der Waals surface area contributed by atoms with Crippen molar-refractivity contribution in [2.24, 2.45) is 20.5 Å². The largest absolute Gasteiger partial charge is 0.484 e. The van der Waals surface area contributed by atoms with E-state index in [-0.39, 0.29) is 103 Å². The van der Waals surface area contributed by atoms with Crippen LogP contribution in [0.4, 0.5) is 22.7 Å². The third-order valence-corrected chi connectivity index (χ3v) is 6.84. The average Bonchev–Trinajstić information content (AvgIpc) is 3.07. The van der Waals surface area contributed by atoms with Crippen molar-refractivity contribution in [3.05, 3.63) is 109 Å². The van der Waals surface area contributed by atoms with E-state index in [2.05, 4.69) is 43.2 Å².